The van der Waals surface area contributed by atoms with Crippen LogP contribution in [0.4, 0.5) is 0 Å². The molecular weight excluding hydrogens is 687 g/mol. The van der Waals surface area contributed by atoms with Crippen molar-refractivity contribution in [3.63, 3.8) is 0 Å². The highest BCUT2D eigenvalue weighted by atomic mass is 16.3. The van der Waals surface area contributed by atoms with E-state index in [0.717, 1.165) is 93.2 Å². The molecule has 12 aromatic rings. The Morgan fingerprint density at radius 3 is 1.70 bits per heavy atom. The Balaban J connectivity index is 1.11. The Hall–Kier alpha value is -7.63. The van der Waals surface area contributed by atoms with Crippen LogP contribution in [0.5, 0.6) is 0 Å². The maximum atomic E-state index is 6.84. The molecule has 5 heteroatoms. The van der Waals surface area contributed by atoms with Crippen molar-refractivity contribution < 1.29 is 8.83 Å². The average Bonchev–Trinajstić information content (AvgIpc) is 3.83. The zero-order valence-corrected chi connectivity index (χ0v) is 29.9. The van der Waals surface area contributed by atoms with Crippen LogP contribution < -0.4 is 0 Å². The number of para-hydroxylation sites is 1. The summed E-state index contributed by atoms with van der Waals surface area (Å²) in [5.41, 5.74) is 8.08. The lowest BCUT2D eigenvalue weighted by Crippen LogP contribution is -2.01. The van der Waals surface area contributed by atoms with E-state index in [0.29, 0.717) is 17.5 Å². The third kappa shape index (κ3) is 4.64. The fraction of sp³-hybridized carbons (Fsp3) is 0. The molecule has 0 saturated carbocycles. The first kappa shape index (κ1) is 30.8. The molecule has 0 spiro atoms. The van der Waals surface area contributed by atoms with Gasteiger partial charge in [-0.1, -0.05) is 146 Å². The molecule has 56 heavy (non-hydrogen) atoms. The molecule has 0 saturated heterocycles. The lowest BCUT2D eigenvalue weighted by atomic mass is 9.96. The molecule has 3 heterocycles. The van der Waals surface area contributed by atoms with Gasteiger partial charge in [0.15, 0.2) is 17.5 Å². The van der Waals surface area contributed by atoms with Crippen molar-refractivity contribution in [3.8, 4) is 45.3 Å². The van der Waals surface area contributed by atoms with Gasteiger partial charge in [-0.3, -0.25) is 0 Å². The van der Waals surface area contributed by atoms with Gasteiger partial charge < -0.3 is 8.83 Å². The molecule has 0 unspecified atom stereocenters. The van der Waals surface area contributed by atoms with Crippen LogP contribution in [0.2, 0.25) is 0 Å². The zero-order chi connectivity index (χ0) is 36.7. The average molecular weight is 716 g/mol. The topological polar surface area (TPSA) is 65.0 Å². The molecule has 0 amide bonds. The minimum atomic E-state index is 0.583. The fourth-order valence-corrected chi connectivity index (χ4v) is 8.55. The summed E-state index contributed by atoms with van der Waals surface area (Å²) in [4.78, 5) is 15.6. The van der Waals surface area contributed by atoms with E-state index in [1.54, 1.807) is 0 Å². The Labute approximate surface area is 320 Å². The second kappa shape index (κ2) is 11.9. The molecular formula is C51H29N3O2. The maximum Gasteiger partial charge on any atom is 0.164 e. The summed E-state index contributed by atoms with van der Waals surface area (Å²) in [7, 11) is 0. The summed E-state index contributed by atoms with van der Waals surface area (Å²) in [6.07, 6.45) is 0. The second-order valence-electron chi connectivity index (χ2n) is 14.3. The van der Waals surface area contributed by atoms with Crippen LogP contribution in [-0.4, -0.2) is 15.0 Å². The lowest BCUT2D eigenvalue weighted by Gasteiger charge is -2.12. The molecule has 5 nitrogen and oxygen atoms in total. The van der Waals surface area contributed by atoms with Crippen molar-refractivity contribution in [3.05, 3.63) is 176 Å². The standard InChI is InChI=1S/C51H29N3O2/c1-2-13-30(14-3-1)49-52-50(54-51(53-49)41-28-33-17-6-7-18-34(33)35-19-8-9-20-36(35)41)40-24-12-26-44-47(40)39-23-10-22-38(48(39)56-44)37-21-11-25-43-46(37)42-27-31-15-4-5-16-32(31)29-45(42)55-43/h1-29H. The highest BCUT2D eigenvalue weighted by Gasteiger charge is 2.22. The lowest BCUT2D eigenvalue weighted by molar-refractivity contribution is 0.669. The number of hydrogen-bond donors (Lipinski definition) is 0. The zero-order valence-electron chi connectivity index (χ0n) is 29.9. The molecule has 0 atom stereocenters. The summed E-state index contributed by atoms with van der Waals surface area (Å²) < 4.78 is 13.3. The van der Waals surface area contributed by atoms with Crippen LogP contribution in [0.15, 0.2) is 185 Å². The van der Waals surface area contributed by atoms with Crippen molar-refractivity contribution >= 4 is 76.2 Å². The number of furan rings is 2. The predicted octanol–water partition coefficient (Wildman–Crippen LogP) is 13.8. The van der Waals surface area contributed by atoms with E-state index in [1.807, 2.05) is 48.5 Å². The van der Waals surface area contributed by atoms with Gasteiger partial charge in [0.1, 0.15) is 22.3 Å². The first-order valence-corrected chi connectivity index (χ1v) is 18.8. The molecule has 0 aliphatic heterocycles. The van der Waals surface area contributed by atoms with Crippen LogP contribution in [0, 0.1) is 0 Å². The third-order valence-electron chi connectivity index (χ3n) is 11.1. The molecule has 0 aliphatic rings. The first-order chi connectivity index (χ1) is 27.7. The summed E-state index contributed by atoms with van der Waals surface area (Å²) in [5, 5.41) is 11.0. The van der Waals surface area contributed by atoms with Gasteiger partial charge in [0, 0.05) is 43.8 Å². The van der Waals surface area contributed by atoms with Gasteiger partial charge >= 0.3 is 0 Å². The highest BCUT2D eigenvalue weighted by Crippen LogP contribution is 2.44. The minimum Gasteiger partial charge on any atom is -0.456 e. The molecule has 0 fully saturated rings. The van der Waals surface area contributed by atoms with Crippen LogP contribution in [-0.2, 0) is 0 Å². The Bertz CT molecular complexity index is 3550. The van der Waals surface area contributed by atoms with Gasteiger partial charge in [-0.2, -0.15) is 0 Å². The number of rotatable bonds is 4. The maximum absolute atomic E-state index is 6.84. The molecule has 0 radical (unpaired) electrons. The van der Waals surface area contributed by atoms with E-state index >= 15 is 0 Å². The Kier molecular flexibility index (Phi) is 6.56. The van der Waals surface area contributed by atoms with E-state index in [9.17, 15) is 0 Å². The third-order valence-corrected chi connectivity index (χ3v) is 11.1. The first-order valence-electron chi connectivity index (χ1n) is 18.8. The van der Waals surface area contributed by atoms with Gasteiger partial charge in [0.05, 0.1) is 0 Å². The molecule has 3 aromatic heterocycles. The van der Waals surface area contributed by atoms with Gasteiger partial charge in [0.2, 0.25) is 0 Å². The minimum absolute atomic E-state index is 0.583. The normalized spacial score (nSPS) is 11.9. The van der Waals surface area contributed by atoms with Crippen molar-refractivity contribution in [2.24, 2.45) is 0 Å². The summed E-state index contributed by atoms with van der Waals surface area (Å²) in [6.45, 7) is 0. The van der Waals surface area contributed by atoms with E-state index in [-0.39, 0.29) is 0 Å². The molecule has 0 aliphatic carbocycles. The summed E-state index contributed by atoms with van der Waals surface area (Å²) >= 11 is 0. The summed E-state index contributed by atoms with van der Waals surface area (Å²) in [5.74, 6) is 1.81. The number of benzene rings is 9. The Morgan fingerprint density at radius 2 is 0.875 bits per heavy atom. The van der Waals surface area contributed by atoms with Crippen molar-refractivity contribution in [1.82, 2.24) is 15.0 Å². The molecule has 0 N–H and O–H groups in total. The number of hydrogen-bond acceptors (Lipinski definition) is 5. The number of nitrogens with zero attached hydrogens (tertiary/aromatic N) is 3. The van der Waals surface area contributed by atoms with Crippen LogP contribution >= 0.6 is 0 Å². The van der Waals surface area contributed by atoms with Gasteiger partial charge in [-0.25, -0.2) is 15.0 Å². The molecule has 12 rings (SSSR count). The highest BCUT2D eigenvalue weighted by molar-refractivity contribution is 6.20. The van der Waals surface area contributed by atoms with Crippen LogP contribution in [0.25, 0.3) is 121 Å². The van der Waals surface area contributed by atoms with Crippen LogP contribution in [0.1, 0.15) is 0 Å². The SMILES string of the molecule is c1ccc(-c2nc(-c3cc4ccccc4c4ccccc34)nc(-c3cccc4oc5c(-c6cccc7oc8cc9ccccc9cc8c67)cccc5c34)n2)cc1. The monoisotopic (exact) mass is 715 g/mol. The van der Waals surface area contributed by atoms with E-state index in [4.69, 9.17) is 23.8 Å². The number of fused-ring (bicyclic) bond motifs is 10. The van der Waals surface area contributed by atoms with Gasteiger partial charge in [-0.05, 0) is 68.2 Å². The van der Waals surface area contributed by atoms with Gasteiger partial charge in [-0.15, -0.1) is 0 Å². The molecule has 0 bridgehead atoms. The largest absolute Gasteiger partial charge is 0.456 e. The molecule has 9 aromatic carbocycles. The Morgan fingerprint density at radius 1 is 0.304 bits per heavy atom. The predicted molar refractivity (Wildman–Crippen MR) is 229 cm³/mol. The van der Waals surface area contributed by atoms with Gasteiger partial charge in [0.25, 0.3) is 0 Å². The summed E-state index contributed by atoms with van der Waals surface area (Å²) in [6, 6.07) is 60.9. The quantitative estimate of drug-likeness (QED) is 0.170. The van der Waals surface area contributed by atoms with Crippen molar-refractivity contribution in [2.45, 2.75) is 0 Å². The van der Waals surface area contributed by atoms with E-state index in [2.05, 4.69) is 127 Å². The van der Waals surface area contributed by atoms with Crippen LogP contribution in [0.3, 0.4) is 0 Å². The van der Waals surface area contributed by atoms with Crippen molar-refractivity contribution in [1.29, 1.82) is 0 Å². The smallest absolute Gasteiger partial charge is 0.164 e. The molecule has 260 valence electrons. The fourth-order valence-electron chi connectivity index (χ4n) is 8.55. The van der Waals surface area contributed by atoms with Crippen molar-refractivity contribution in [2.75, 3.05) is 0 Å². The second-order valence-corrected chi connectivity index (χ2v) is 14.3. The van der Waals surface area contributed by atoms with E-state index in [1.165, 1.54) is 10.8 Å². The van der Waals surface area contributed by atoms with E-state index < -0.39 is 0 Å². The number of aromatic nitrogens is 3.